The third kappa shape index (κ3) is 3.70. The Kier molecular flexibility index (Phi) is 5.01. The summed E-state index contributed by atoms with van der Waals surface area (Å²) in [7, 11) is 0. The molecule has 0 saturated carbocycles. The Bertz CT molecular complexity index is 920. The van der Waals surface area contributed by atoms with E-state index >= 15 is 0 Å². The molecule has 1 saturated heterocycles. The maximum Gasteiger partial charge on any atom is 0.252 e. The van der Waals surface area contributed by atoms with Crippen molar-refractivity contribution in [1.82, 2.24) is 10.2 Å². The lowest BCUT2D eigenvalue weighted by molar-refractivity contribution is -0.128. The number of carbonyl (C=O) groups excluding carboxylic acids is 2. The van der Waals surface area contributed by atoms with Crippen molar-refractivity contribution in [1.29, 1.82) is 0 Å². The van der Waals surface area contributed by atoms with Gasteiger partial charge in [0, 0.05) is 48.0 Å². The molecule has 0 aromatic heterocycles. The second-order valence-corrected chi connectivity index (χ2v) is 9.38. The topological polar surface area (TPSA) is 69.6 Å². The number of aromatic hydroxyl groups is 1. The number of rotatable bonds is 2. The molecule has 2 N–H and O–H groups in total. The minimum atomic E-state index is -0.434. The van der Waals surface area contributed by atoms with Gasteiger partial charge in [-0.25, -0.2) is 0 Å². The van der Waals surface area contributed by atoms with E-state index in [1.165, 1.54) is 0 Å². The number of nitrogens with one attached hydrogen (secondary N) is 1. The largest absolute Gasteiger partial charge is 0.508 e. The van der Waals surface area contributed by atoms with Crippen LogP contribution in [-0.2, 0) is 9.59 Å². The van der Waals surface area contributed by atoms with Crippen LogP contribution in [0, 0.1) is 5.41 Å². The van der Waals surface area contributed by atoms with E-state index in [0.29, 0.717) is 17.6 Å². The van der Waals surface area contributed by atoms with Crippen LogP contribution in [0.25, 0.3) is 0 Å². The maximum absolute atomic E-state index is 13.6. The van der Waals surface area contributed by atoms with Crippen LogP contribution in [0.2, 0.25) is 0 Å². The first-order valence-corrected chi connectivity index (χ1v) is 10.6. The van der Waals surface area contributed by atoms with Gasteiger partial charge in [-0.3, -0.25) is 9.59 Å². The van der Waals surface area contributed by atoms with Crippen molar-refractivity contribution in [2.24, 2.45) is 5.41 Å². The fourth-order valence-corrected chi connectivity index (χ4v) is 5.02. The van der Waals surface area contributed by atoms with Gasteiger partial charge in [0.15, 0.2) is 5.78 Å². The molecule has 1 atom stereocenters. The van der Waals surface area contributed by atoms with Crippen LogP contribution in [0.4, 0.5) is 0 Å². The van der Waals surface area contributed by atoms with Crippen LogP contribution >= 0.6 is 0 Å². The molecule has 1 fully saturated rings. The lowest BCUT2D eigenvalue weighted by Gasteiger charge is -2.41. The Morgan fingerprint density at radius 2 is 1.90 bits per heavy atom. The molecule has 154 valence electrons. The van der Waals surface area contributed by atoms with E-state index in [-0.39, 0.29) is 22.9 Å². The average molecular weight is 395 g/mol. The third-order valence-electron chi connectivity index (χ3n) is 6.32. The highest BCUT2D eigenvalue weighted by atomic mass is 16.3. The fourth-order valence-electron chi connectivity index (χ4n) is 5.02. The standard InChI is InChI=1S/C24H30N2O3/c1-15-20(23(29)26-10-5-4-6-11-26)21(16-8-7-9-17(27)12-16)22-18(25-15)13-24(2,3)14-19(22)28/h7-9,12,21,25,27H,4-6,10-11,13-14H2,1-3H3. The Balaban J connectivity index is 1.83. The minimum absolute atomic E-state index is 0.00669. The number of phenolic OH excluding ortho intramolecular Hbond substituents is 1. The lowest BCUT2D eigenvalue weighted by Crippen LogP contribution is -2.43. The van der Waals surface area contributed by atoms with E-state index in [0.717, 1.165) is 55.7 Å². The number of hydrogen-bond acceptors (Lipinski definition) is 4. The molecule has 4 rings (SSSR count). The number of dihydropyridines is 1. The number of allylic oxidation sites excluding steroid dienone is 3. The zero-order valence-electron chi connectivity index (χ0n) is 17.5. The van der Waals surface area contributed by atoms with Crippen molar-refractivity contribution in [3.8, 4) is 5.75 Å². The Morgan fingerprint density at radius 3 is 2.59 bits per heavy atom. The summed E-state index contributed by atoms with van der Waals surface area (Å²) in [5.74, 6) is -0.189. The molecule has 5 nitrogen and oxygen atoms in total. The van der Waals surface area contributed by atoms with Gasteiger partial charge in [-0.05, 0) is 55.7 Å². The molecule has 1 aromatic rings. The Labute approximate surface area is 172 Å². The fraction of sp³-hybridized carbons (Fsp3) is 0.500. The van der Waals surface area contributed by atoms with E-state index in [1.54, 1.807) is 18.2 Å². The molecular weight excluding hydrogens is 364 g/mol. The number of likely N-dealkylation sites (tertiary alicyclic amines) is 1. The van der Waals surface area contributed by atoms with Crippen molar-refractivity contribution in [3.63, 3.8) is 0 Å². The minimum Gasteiger partial charge on any atom is -0.508 e. The first-order chi connectivity index (χ1) is 13.8. The highest BCUT2D eigenvalue weighted by molar-refractivity contribution is 6.05. The maximum atomic E-state index is 13.6. The first kappa shape index (κ1) is 19.7. The Hall–Kier alpha value is -2.56. The first-order valence-electron chi connectivity index (χ1n) is 10.6. The molecule has 1 aromatic carbocycles. The average Bonchev–Trinajstić information content (AvgIpc) is 2.66. The van der Waals surface area contributed by atoms with Crippen LogP contribution in [-0.4, -0.2) is 34.8 Å². The SMILES string of the molecule is CC1=C(C(=O)N2CCCCC2)C(c2cccc(O)c2)C2=C(CC(C)(C)CC2=O)N1. The number of nitrogens with zero attached hydrogens (tertiary/aromatic N) is 1. The molecule has 1 unspecified atom stereocenters. The Morgan fingerprint density at radius 1 is 1.17 bits per heavy atom. The van der Waals surface area contributed by atoms with Gasteiger partial charge in [-0.15, -0.1) is 0 Å². The molecule has 0 radical (unpaired) electrons. The summed E-state index contributed by atoms with van der Waals surface area (Å²) < 4.78 is 0. The lowest BCUT2D eigenvalue weighted by atomic mass is 9.68. The van der Waals surface area contributed by atoms with Gasteiger partial charge >= 0.3 is 0 Å². The van der Waals surface area contributed by atoms with Gasteiger partial charge in [-0.1, -0.05) is 26.0 Å². The van der Waals surface area contributed by atoms with Gasteiger partial charge in [0.1, 0.15) is 5.75 Å². The summed E-state index contributed by atoms with van der Waals surface area (Å²) in [6.07, 6.45) is 4.42. The summed E-state index contributed by atoms with van der Waals surface area (Å²) in [6, 6.07) is 6.99. The number of amides is 1. The van der Waals surface area contributed by atoms with Crippen LogP contribution in [0.15, 0.2) is 46.8 Å². The van der Waals surface area contributed by atoms with Gasteiger partial charge in [0.2, 0.25) is 0 Å². The predicted molar refractivity (Wildman–Crippen MR) is 112 cm³/mol. The molecule has 0 spiro atoms. The predicted octanol–water partition coefficient (Wildman–Crippen LogP) is 4.01. The number of hydrogen-bond donors (Lipinski definition) is 2. The number of carbonyl (C=O) groups is 2. The summed E-state index contributed by atoms with van der Waals surface area (Å²) in [4.78, 5) is 28.7. The molecule has 29 heavy (non-hydrogen) atoms. The van der Waals surface area contributed by atoms with Gasteiger partial charge in [0.25, 0.3) is 5.91 Å². The highest BCUT2D eigenvalue weighted by Gasteiger charge is 2.43. The van der Waals surface area contributed by atoms with Crippen LogP contribution < -0.4 is 5.32 Å². The summed E-state index contributed by atoms with van der Waals surface area (Å²) in [5.41, 5.74) is 3.77. The van der Waals surface area contributed by atoms with Crippen LogP contribution in [0.3, 0.4) is 0 Å². The van der Waals surface area contributed by atoms with E-state index in [9.17, 15) is 14.7 Å². The van der Waals surface area contributed by atoms with E-state index in [4.69, 9.17) is 0 Å². The monoisotopic (exact) mass is 394 g/mol. The molecule has 5 heteroatoms. The van der Waals surface area contributed by atoms with Crippen LogP contribution in [0.1, 0.15) is 64.4 Å². The summed E-state index contributed by atoms with van der Waals surface area (Å²) >= 11 is 0. The smallest absolute Gasteiger partial charge is 0.252 e. The zero-order valence-corrected chi connectivity index (χ0v) is 17.5. The second-order valence-electron chi connectivity index (χ2n) is 9.38. The third-order valence-corrected chi connectivity index (χ3v) is 6.32. The van der Waals surface area contributed by atoms with Crippen molar-refractivity contribution < 1.29 is 14.7 Å². The van der Waals surface area contributed by atoms with Gasteiger partial charge in [-0.2, -0.15) is 0 Å². The second kappa shape index (κ2) is 7.36. The quantitative estimate of drug-likeness (QED) is 0.795. The van der Waals surface area contributed by atoms with Crippen molar-refractivity contribution in [2.45, 2.75) is 58.8 Å². The van der Waals surface area contributed by atoms with Crippen LogP contribution in [0.5, 0.6) is 5.75 Å². The molecule has 3 aliphatic rings. The van der Waals surface area contributed by atoms with Crippen molar-refractivity contribution in [2.75, 3.05) is 13.1 Å². The number of phenols is 1. The molecule has 1 amide bonds. The van der Waals surface area contributed by atoms with E-state index in [2.05, 4.69) is 19.2 Å². The molecule has 0 bridgehead atoms. The van der Waals surface area contributed by atoms with Gasteiger partial charge < -0.3 is 15.3 Å². The molecule has 2 aliphatic heterocycles. The molecular formula is C24H30N2O3. The zero-order chi connectivity index (χ0) is 20.8. The summed E-state index contributed by atoms with van der Waals surface area (Å²) in [6.45, 7) is 7.66. The number of benzene rings is 1. The van der Waals surface area contributed by atoms with Crippen molar-refractivity contribution in [3.05, 3.63) is 52.4 Å². The number of piperidine rings is 1. The van der Waals surface area contributed by atoms with E-state index < -0.39 is 5.92 Å². The number of Topliss-reactive ketones (excluding diaryl/α,β-unsaturated/α-hetero) is 1. The molecule has 2 heterocycles. The van der Waals surface area contributed by atoms with E-state index in [1.807, 2.05) is 17.9 Å². The highest BCUT2D eigenvalue weighted by Crippen LogP contribution is 2.47. The normalized spacial score (nSPS) is 24.3. The summed E-state index contributed by atoms with van der Waals surface area (Å²) in [5, 5.41) is 13.5. The number of ketones is 1. The molecule has 1 aliphatic carbocycles. The van der Waals surface area contributed by atoms with Crippen molar-refractivity contribution >= 4 is 11.7 Å². The van der Waals surface area contributed by atoms with Gasteiger partial charge in [0.05, 0.1) is 0 Å².